The molecular weight excluding hydrogens is 681 g/mol. The molecule has 0 aliphatic heterocycles. The molecule has 0 radical (unpaired) electrons. The van der Waals surface area contributed by atoms with Gasteiger partial charge < -0.3 is 0 Å². The summed E-state index contributed by atoms with van der Waals surface area (Å²) in [6.07, 6.45) is 9.15. The molecule has 4 nitrogen and oxygen atoms in total. The molecule has 0 aromatic carbocycles. The van der Waals surface area contributed by atoms with Gasteiger partial charge in [0.25, 0.3) is 11.4 Å². The summed E-state index contributed by atoms with van der Waals surface area (Å²) in [5.41, 5.74) is 1.49. The van der Waals surface area contributed by atoms with E-state index in [0.717, 1.165) is 27.5 Å². The Balaban J connectivity index is 1.25. The van der Waals surface area contributed by atoms with Gasteiger partial charge in [-0.2, -0.15) is 0 Å². The molecule has 0 fully saturated rings. The molecule has 1 atom stereocenters. The lowest BCUT2D eigenvalue weighted by atomic mass is 9.92. The van der Waals surface area contributed by atoms with Crippen LogP contribution in [-0.4, -0.2) is 0 Å². The normalized spacial score (nSPS) is 12.7. The SMILES string of the molecule is [C-]#[N+]/C(C#N)=C\c1ccc(-c2cc3sc(-c4cc5sc(-c6cc(CC(CC)CCCC)c(/C=C(\C#N)[N+]#[C-])s6)cc5s4)cc3s2)s1. The summed E-state index contributed by atoms with van der Waals surface area (Å²) in [4.78, 5) is 16.0. The molecule has 0 amide bonds. The van der Waals surface area contributed by atoms with Gasteiger partial charge in [0.1, 0.15) is 0 Å². The van der Waals surface area contributed by atoms with Crippen LogP contribution in [0.4, 0.5) is 0 Å². The van der Waals surface area contributed by atoms with Crippen molar-refractivity contribution in [3.05, 3.63) is 92.0 Å². The first-order valence-corrected chi connectivity index (χ1v) is 19.6. The second-order valence-corrected chi connectivity index (χ2v) is 17.3. The van der Waals surface area contributed by atoms with Crippen LogP contribution in [0.5, 0.6) is 0 Å². The van der Waals surface area contributed by atoms with Crippen LogP contribution in [0.3, 0.4) is 0 Å². The Hall–Kier alpha value is -3.84. The topological polar surface area (TPSA) is 56.3 Å². The Morgan fingerprint density at radius 1 is 0.717 bits per heavy atom. The molecule has 0 N–H and O–H groups in total. The molecule has 0 aliphatic carbocycles. The summed E-state index contributed by atoms with van der Waals surface area (Å²) in [7, 11) is 0. The van der Waals surface area contributed by atoms with E-state index in [1.54, 1.807) is 46.2 Å². The van der Waals surface area contributed by atoms with E-state index in [0.29, 0.717) is 5.92 Å². The van der Waals surface area contributed by atoms with E-state index in [1.807, 2.05) is 52.2 Å². The fraction of sp³-hybridized carbons (Fsp3) is 0.222. The van der Waals surface area contributed by atoms with Crippen LogP contribution in [0, 0.1) is 41.7 Å². The van der Waals surface area contributed by atoms with Gasteiger partial charge in [-0.3, -0.25) is 0 Å². The number of fused-ring (bicyclic) bond motifs is 2. The van der Waals surface area contributed by atoms with Gasteiger partial charge in [-0.25, -0.2) is 20.2 Å². The van der Waals surface area contributed by atoms with Gasteiger partial charge in [-0.05, 0) is 72.5 Å². The minimum Gasteiger partial charge on any atom is -0.227 e. The van der Waals surface area contributed by atoms with Crippen LogP contribution in [-0.2, 0) is 6.42 Å². The van der Waals surface area contributed by atoms with Crippen LogP contribution >= 0.6 is 68.0 Å². The van der Waals surface area contributed by atoms with Gasteiger partial charge in [0, 0.05) is 57.8 Å². The number of unbranched alkanes of at least 4 members (excludes halogenated alkanes) is 1. The van der Waals surface area contributed by atoms with Crippen LogP contribution < -0.4 is 0 Å². The third-order valence-electron chi connectivity index (χ3n) is 7.68. The van der Waals surface area contributed by atoms with Crippen LogP contribution in [0.1, 0.15) is 54.8 Å². The van der Waals surface area contributed by atoms with E-state index in [4.69, 9.17) is 18.4 Å². The number of hydrogen-bond acceptors (Lipinski definition) is 8. The monoisotopic (exact) mass is 706 g/mol. The van der Waals surface area contributed by atoms with Crippen molar-refractivity contribution in [2.24, 2.45) is 5.92 Å². The van der Waals surface area contributed by atoms with Crippen molar-refractivity contribution in [3.63, 3.8) is 0 Å². The first kappa shape index (κ1) is 32.1. The summed E-state index contributed by atoms with van der Waals surface area (Å²) < 4.78 is 5.10. The van der Waals surface area contributed by atoms with Crippen LogP contribution in [0.15, 0.2) is 53.9 Å². The lowest BCUT2D eigenvalue weighted by Gasteiger charge is -2.14. The molecule has 6 aromatic heterocycles. The first-order chi connectivity index (χ1) is 22.4. The summed E-state index contributed by atoms with van der Waals surface area (Å²) in [6.45, 7) is 19.0. The van der Waals surface area contributed by atoms with Gasteiger partial charge in [-0.1, -0.05) is 39.5 Å². The molecule has 6 heterocycles. The first-order valence-electron chi connectivity index (χ1n) is 14.7. The van der Waals surface area contributed by atoms with Crippen molar-refractivity contribution in [2.45, 2.75) is 46.0 Å². The fourth-order valence-electron chi connectivity index (χ4n) is 5.26. The molecule has 1 unspecified atom stereocenters. The predicted octanol–water partition coefficient (Wildman–Crippen LogP) is 13.7. The van der Waals surface area contributed by atoms with E-state index >= 15 is 0 Å². The summed E-state index contributed by atoms with van der Waals surface area (Å²) in [5.74, 6) is 0.604. The molecule has 0 saturated carbocycles. The molecule has 10 heteroatoms. The number of nitrogens with zero attached hydrogens (tertiary/aromatic N) is 4. The maximum atomic E-state index is 9.43. The Morgan fingerprint density at radius 3 is 1.74 bits per heavy atom. The van der Waals surface area contributed by atoms with Crippen molar-refractivity contribution < 1.29 is 0 Å². The summed E-state index contributed by atoms with van der Waals surface area (Å²) in [6, 6.07) is 19.5. The highest BCUT2D eigenvalue weighted by molar-refractivity contribution is 7.36. The van der Waals surface area contributed by atoms with E-state index in [-0.39, 0.29) is 11.4 Å². The van der Waals surface area contributed by atoms with Gasteiger partial charge in [0.15, 0.2) is 0 Å². The predicted molar refractivity (Wildman–Crippen MR) is 202 cm³/mol. The largest absolute Gasteiger partial charge is 0.263 e. The van der Waals surface area contributed by atoms with Gasteiger partial charge >= 0.3 is 0 Å². The Kier molecular flexibility index (Phi) is 9.98. The number of rotatable bonds is 11. The van der Waals surface area contributed by atoms with Crippen molar-refractivity contribution in [1.82, 2.24) is 0 Å². The molecule has 0 saturated heterocycles. The second kappa shape index (κ2) is 14.3. The lowest BCUT2D eigenvalue weighted by molar-refractivity contribution is 0.449. The van der Waals surface area contributed by atoms with Gasteiger partial charge in [0.05, 0.1) is 25.3 Å². The van der Waals surface area contributed by atoms with E-state index in [1.165, 1.54) is 68.0 Å². The fourth-order valence-corrected chi connectivity index (χ4v) is 12.4. The molecular formula is C36H26N4S6. The van der Waals surface area contributed by atoms with Crippen molar-refractivity contribution in [2.75, 3.05) is 0 Å². The Labute approximate surface area is 292 Å². The zero-order chi connectivity index (χ0) is 32.2. The maximum Gasteiger partial charge on any atom is 0.263 e. The molecule has 46 heavy (non-hydrogen) atoms. The molecule has 0 bridgehead atoms. The van der Waals surface area contributed by atoms with E-state index in [2.05, 4.69) is 59.9 Å². The highest BCUT2D eigenvalue weighted by Gasteiger charge is 2.18. The lowest BCUT2D eigenvalue weighted by Crippen LogP contribution is -2.03. The summed E-state index contributed by atoms with van der Waals surface area (Å²) >= 11 is 10.5. The highest BCUT2D eigenvalue weighted by Crippen LogP contribution is 2.48. The minimum absolute atomic E-state index is 0.101. The average Bonchev–Trinajstić information content (AvgIpc) is 3.90. The quantitative estimate of drug-likeness (QED) is 0.0994. The minimum atomic E-state index is 0.101. The zero-order valence-electron chi connectivity index (χ0n) is 25.0. The Morgan fingerprint density at radius 2 is 1.24 bits per heavy atom. The highest BCUT2D eigenvalue weighted by atomic mass is 32.1. The van der Waals surface area contributed by atoms with Crippen molar-refractivity contribution in [1.29, 1.82) is 10.5 Å². The smallest absolute Gasteiger partial charge is 0.227 e. The van der Waals surface area contributed by atoms with E-state index in [9.17, 15) is 5.26 Å². The van der Waals surface area contributed by atoms with E-state index < -0.39 is 0 Å². The molecule has 6 rings (SSSR count). The van der Waals surface area contributed by atoms with Crippen molar-refractivity contribution >= 4 is 99.0 Å². The molecule has 6 aromatic rings. The van der Waals surface area contributed by atoms with Crippen LogP contribution in [0.25, 0.3) is 69.9 Å². The maximum absolute atomic E-state index is 9.43. The molecule has 0 aliphatic rings. The summed E-state index contributed by atoms with van der Waals surface area (Å²) in [5, 5.41) is 18.5. The average molecular weight is 707 g/mol. The number of allylic oxidation sites excluding steroid dienone is 2. The third-order valence-corrected chi connectivity index (χ3v) is 15.0. The number of hydrogen-bond donors (Lipinski definition) is 0. The van der Waals surface area contributed by atoms with Gasteiger partial charge in [-0.15, -0.1) is 68.0 Å². The number of thiophene rings is 6. The van der Waals surface area contributed by atoms with Crippen molar-refractivity contribution in [3.8, 4) is 41.4 Å². The molecule has 226 valence electrons. The number of nitriles is 2. The van der Waals surface area contributed by atoms with Crippen LogP contribution in [0.2, 0.25) is 0 Å². The van der Waals surface area contributed by atoms with Gasteiger partial charge in [0.2, 0.25) is 0 Å². The zero-order valence-corrected chi connectivity index (χ0v) is 29.9. The molecule has 0 spiro atoms. The Bertz CT molecular complexity index is 2190. The second-order valence-electron chi connectivity index (χ2n) is 10.7. The standard InChI is InChI=1S/C36H26N4S6/c1-5-7-8-21(6-2)11-22-12-28(42-27(22)14-24(20-38)40-4)30-16-33-34(44-30)18-36(46-33)35-17-32-31(45-35)15-29(43-32)26-10-9-25(41-26)13-23(19-37)39-3/h9-10,12-18,21H,5-8,11H2,1-2H3/b23-13-,24-14+. The third kappa shape index (κ3) is 6.80.